The highest BCUT2D eigenvalue weighted by molar-refractivity contribution is 5.76. The topological polar surface area (TPSA) is 149 Å². The second-order valence-electron chi connectivity index (χ2n) is 12.0. The van der Waals surface area contributed by atoms with Crippen molar-refractivity contribution < 1.29 is 39.8 Å². The zero-order chi connectivity index (χ0) is 30.3. The van der Waals surface area contributed by atoms with Gasteiger partial charge in [0.15, 0.2) is 6.29 Å². The van der Waals surface area contributed by atoms with Gasteiger partial charge in [0.25, 0.3) is 0 Å². The van der Waals surface area contributed by atoms with Crippen molar-refractivity contribution in [2.24, 2.45) is 0 Å². The summed E-state index contributed by atoms with van der Waals surface area (Å²) in [5, 5.41) is 53.6. The fraction of sp³-hybridized carbons (Fsp3) is 0.969. The molecule has 1 heterocycles. The normalized spacial score (nSPS) is 24.3. The van der Waals surface area contributed by atoms with Crippen LogP contribution in [0, 0.1) is 0 Å². The van der Waals surface area contributed by atoms with Gasteiger partial charge in [-0.25, -0.2) is 0 Å². The van der Waals surface area contributed by atoms with Crippen molar-refractivity contribution in [1.82, 2.24) is 5.32 Å². The van der Waals surface area contributed by atoms with Gasteiger partial charge in [-0.05, 0) is 12.8 Å². The van der Waals surface area contributed by atoms with Crippen molar-refractivity contribution in [2.75, 3.05) is 13.2 Å². The fourth-order valence-electron chi connectivity index (χ4n) is 5.39. The maximum absolute atomic E-state index is 12.6. The van der Waals surface area contributed by atoms with Crippen LogP contribution in [0.25, 0.3) is 0 Å². The van der Waals surface area contributed by atoms with Crippen LogP contribution in [-0.2, 0) is 14.3 Å². The number of carbonyl (C=O) groups is 1. The molecule has 0 bridgehead atoms. The van der Waals surface area contributed by atoms with Gasteiger partial charge in [-0.15, -0.1) is 0 Å². The maximum atomic E-state index is 12.6. The quantitative estimate of drug-likeness (QED) is 0.0809. The molecular formula is C32H63NO8. The number of hydrogen-bond acceptors (Lipinski definition) is 8. The molecule has 1 saturated heterocycles. The molecule has 9 heteroatoms. The van der Waals surface area contributed by atoms with Crippen molar-refractivity contribution in [3.63, 3.8) is 0 Å². The monoisotopic (exact) mass is 589 g/mol. The lowest BCUT2D eigenvalue weighted by atomic mass is 9.99. The fourth-order valence-corrected chi connectivity index (χ4v) is 5.39. The minimum atomic E-state index is -1.54. The maximum Gasteiger partial charge on any atom is 0.220 e. The third-order valence-electron chi connectivity index (χ3n) is 8.21. The Bertz CT molecular complexity index is 623. The summed E-state index contributed by atoms with van der Waals surface area (Å²) in [4.78, 5) is 12.6. The molecule has 0 unspecified atom stereocenters. The Hall–Kier alpha value is -0.810. The van der Waals surface area contributed by atoms with E-state index in [1.165, 1.54) is 64.2 Å². The Morgan fingerprint density at radius 1 is 0.732 bits per heavy atom. The molecule has 0 aromatic rings. The molecule has 1 amide bonds. The third-order valence-corrected chi connectivity index (χ3v) is 8.21. The largest absolute Gasteiger partial charge is 0.394 e. The molecule has 1 fully saturated rings. The van der Waals surface area contributed by atoms with Gasteiger partial charge in [-0.3, -0.25) is 4.79 Å². The van der Waals surface area contributed by atoms with E-state index >= 15 is 0 Å². The predicted octanol–water partition coefficient (Wildman–Crippen LogP) is 4.49. The first-order valence-electron chi connectivity index (χ1n) is 16.7. The number of unbranched alkanes of at least 4 members (excludes halogenated alkanes) is 16. The van der Waals surface area contributed by atoms with Gasteiger partial charge >= 0.3 is 0 Å². The minimum absolute atomic E-state index is 0.135. The number of aliphatic hydroxyl groups excluding tert-OH is 5. The lowest BCUT2D eigenvalue weighted by Gasteiger charge is -2.40. The SMILES string of the molecule is CCCCCCCCCCCCCCC[C@@H](O)[C@H](CO[C@H]1O[C@H](CO)[C@H](O)[C@H](O)[C@H]1O)NC(=O)CCCCCCC. The number of hydrogen-bond donors (Lipinski definition) is 6. The molecule has 0 aliphatic carbocycles. The molecule has 0 aromatic carbocycles. The van der Waals surface area contributed by atoms with Crippen molar-refractivity contribution in [1.29, 1.82) is 0 Å². The zero-order valence-corrected chi connectivity index (χ0v) is 26.1. The first kappa shape index (κ1) is 38.2. The molecule has 1 rings (SSSR count). The van der Waals surface area contributed by atoms with Crippen LogP contribution in [0.4, 0.5) is 0 Å². The van der Waals surface area contributed by atoms with E-state index in [-0.39, 0.29) is 12.5 Å². The average Bonchev–Trinajstić information content (AvgIpc) is 2.97. The molecule has 9 nitrogen and oxygen atoms in total. The Balaban J connectivity index is 2.43. The average molecular weight is 590 g/mol. The minimum Gasteiger partial charge on any atom is -0.394 e. The molecule has 1 aliphatic heterocycles. The van der Waals surface area contributed by atoms with Crippen molar-refractivity contribution in [2.45, 2.75) is 185 Å². The van der Waals surface area contributed by atoms with Crippen LogP contribution in [0.15, 0.2) is 0 Å². The molecule has 41 heavy (non-hydrogen) atoms. The first-order chi connectivity index (χ1) is 19.8. The van der Waals surface area contributed by atoms with Crippen molar-refractivity contribution >= 4 is 5.91 Å². The van der Waals surface area contributed by atoms with Gasteiger partial charge in [0.05, 0.1) is 25.4 Å². The van der Waals surface area contributed by atoms with Crippen LogP contribution in [0.5, 0.6) is 0 Å². The second kappa shape index (κ2) is 24.6. The van der Waals surface area contributed by atoms with Gasteiger partial charge in [0, 0.05) is 6.42 Å². The third kappa shape index (κ3) is 17.2. The first-order valence-corrected chi connectivity index (χ1v) is 16.7. The Labute approximate surface area is 249 Å². The van der Waals surface area contributed by atoms with Gasteiger partial charge in [-0.1, -0.05) is 123 Å². The van der Waals surface area contributed by atoms with E-state index in [9.17, 15) is 30.3 Å². The van der Waals surface area contributed by atoms with Crippen LogP contribution < -0.4 is 5.32 Å². The predicted molar refractivity (Wildman–Crippen MR) is 161 cm³/mol. The molecule has 7 atom stereocenters. The zero-order valence-electron chi connectivity index (χ0n) is 26.1. The summed E-state index contributed by atoms with van der Waals surface area (Å²) in [7, 11) is 0. The van der Waals surface area contributed by atoms with E-state index < -0.39 is 49.5 Å². The van der Waals surface area contributed by atoms with E-state index in [1.807, 2.05) is 0 Å². The van der Waals surface area contributed by atoms with Crippen LogP contribution in [0.2, 0.25) is 0 Å². The molecule has 0 spiro atoms. The van der Waals surface area contributed by atoms with Gasteiger partial charge < -0.3 is 40.3 Å². The molecule has 244 valence electrons. The number of carbonyl (C=O) groups excluding carboxylic acids is 1. The second-order valence-corrected chi connectivity index (χ2v) is 12.0. The van der Waals surface area contributed by atoms with E-state index in [2.05, 4.69) is 19.2 Å². The van der Waals surface area contributed by atoms with Gasteiger partial charge in [0.2, 0.25) is 5.91 Å². The Kier molecular flexibility index (Phi) is 22.9. The van der Waals surface area contributed by atoms with Gasteiger partial charge in [-0.2, -0.15) is 0 Å². The number of aliphatic hydroxyl groups is 5. The smallest absolute Gasteiger partial charge is 0.220 e. The summed E-state index contributed by atoms with van der Waals surface area (Å²) in [6.45, 7) is 3.70. The molecular weight excluding hydrogens is 526 g/mol. The number of nitrogens with one attached hydrogen (secondary N) is 1. The number of ether oxygens (including phenoxy) is 2. The standard InChI is InChI=1S/C32H63NO8/c1-3-5-7-9-10-11-12-13-14-15-16-18-19-21-26(35)25(33-28(36)22-20-17-8-6-4-2)24-40-32-31(39)30(38)29(37)27(23-34)41-32/h25-27,29-32,34-35,37-39H,3-24H2,1-2H3,(H,33,36)/t25-,26+,27+,29-,30-,31+,32-/m0/s1. The summed E-state index contributed by atoms with van der Waals surface area (Å²) in [6.07, 6.45) is 14.4. The Morgan fingerprint density at radius 2 is 1.22 bits per heavy atom. The van der Waals surface area contributed by atoms with E-state index in [0.29, 0.717) is 12.8 Å². The van der Waals surface area contributed by atoms with Crippen LogP contribution in [0.1, 0.15) is 142 Å². The summed E-state index contributed by atoms with van der Waals surface area (Å²) in [5.74, 6) is -0.159. The van der Waals surface area contributed by atoms with E-state index in [4.69, 9.17) is 9.47 Å². The molecule has 6 N–H and O–H groups in total. The van der Waals surface area contributed by atoms with Crippen molar-refractivity contribution in [3.05, 3.63) is 0 Å². The highest BCUT2D eigenvalue weighted by atomic mass is 16.7. The van der Waals surface area contributed by atoms with Gasteiger partial charge in [0.1, 0.15) is 24.4 Å². The molecule has 0 aromatic heterocycles. The summed E-state index contributed by atoms with van der Waals surface area (Å²) < 4.78 is 11.1. The van der Waals surface area contributed by atoms with Crippen LogP contribution >= 0.6 is 0 Å². The van der Waals surface area contributed by atoms with E-state index in [0.717, 1.165) is 51.4 Å². The molecule has 0 radical (unpaired) electrons. The van der Waals surface area contributed by atoms with E-state index in [1.54, 1.807) is 0 Å². The number of amides is 1. The molecule has 0 saturated carbocycles. The lowest BCUT2D eigenvalue weighted by Crippen LogP contribution is -2.60. The van der Waals surface area contributed by atoms with Crippen LogP contribution in [0.3, 0.4) is 0 Å². The highest BCUT2D eigenvalue weighted by Gasteiger charge is 2.44. The lowest BCUT2D eigenvalue weighted by molar-refractivity contribution is -0.302. The highest BCUT2D eigenvalue weighted by Crippen LogP contribution is 2.23. The summed E-state index contributed by atoms with van der Waals surface area (Å²) in [6, 6.07) is -0.706. The van der Waals surface area contributed by atoms with Crippen LogP contribution in [-0.4, -0.2) is 87.5 Å². The Morgan fingerprint density at radius 3 is 1.73 bits per heavy atom. The summed E-state index contributed by atoms with van der Waals surface area (Å²) in [5.41, 5.74) is 0. The molecule has 1 aliphatic rings. The summed E-state index contributed by atoms with van der Waals surface area (Å²) >= 11 is 0. The number of rotatable bonds is 26. The van der Waals surface area contributed by atoms with Crippen molar-refractivity contribution in [3.8, 4) is 0 Å².